The number of hydrogen-bond acceptors (Lipinski definition) is 5. The lowest BCUT2D eigenvalue weighted by Gasteiger charge is -2.12. The predicted octanol–water partition coefficient (Wildman–Crippen LogP) is 4.03. The summed E-state index contributed by atoms with van der Waals surface area (Å²) in [7, 11) is 0. The van der Waals surface area contributed by atoms with Crippen molar-refractivity contribution in [2.75, 3.05) is 5.32 Å². The number of hydrogen-bond donors (Lipinski definition) is 1. The van der Waals surface area contributed by atoms with Crippen LogP contribution >= 0.6 is 0 Å². The molecule has 0 spiro atoms. The van der Waals surface area contributed by atoms with Gasteiger partial charge in [-0.05, 0) is 30.3 Å². The summed E-state index contributed by atoms with van der Waals surface area (Å²) in [5.74, 6) is -1.03. The van der Waals surface area contributed by atoms with E-state index in [1.54, 1.807) is 30.5 Å². The van der Waals surface area contributed by atoms with Gasteiger partial charge in [0.15, 0.2) is 11.6 Å². The lowest BCUT2D eigenvalue weighted by Crippen LogP contribution is -2.05. The fourth-order valence-electron chi connectivity index (χ4n) is 2.13. The van der Waals surface area contributed by atoms with Crippen LogP contribution in [0.5, 0.6) is 11.6 Å². The highest BCUT2D eigenvalue weighted by Crippen LogP contribution is 2.26. The molecule has 1 N–H and O–H groups in total. The zero-order valence-corrected chi connectivity index (χ0v) is 12.9. The summed E-state index contributed by atoms with van der Waals surface area (Å²) in [5, 5.41) is 12.1. The van der Waals surface area contributed by atoms with Gasteiger partial charge < -0.3 is 10.1 Å². The fourth-order valence-corrected chi connectivity index (χ4v) is 2.13. The molecule has 25 heavy (non-hydrogen) atoms. The van der Waals surface area contributed by atoms with Crippen LogP contribution in [0.3, 0.4) is 0 Å². The second-order valence-electron chi connectivity index (χ2n) is 5.01. The van der Waals surface area contributed by atoms with Gasteiger partial charge in [-0.15, -0.1) is 0 Å². The highest BCUT2D eigenvalue weighted by Gasteiger charge is 2.11. The Morgan fingerprint density at radius 1 is 1.08 bits per heavy atom. The number of ether oxygens (including phenoxy) is 1. The first kappa shape index (κ1) is 16.3. The summed E-state index contributed by atoms with van der Waals surface area (Å²) in [4.78, 5) is 8.19. The van der Waals surface area contributed by atoms with E-state index >= 15 is 0 Å². The molecule has 3 aromatic rings. The normalized spacial score (nSPS) is 10.1. The van der Waals surface area contributed by atoms with E-state index < -0.39 is 11.6 Å². The molecule has 0 amide bonds. The minimum Gasteiger partial charge on any atom is -0.436 e. The van der Waals surface area contributed by atoms with E-state index in [2.05, 4.69) is 15.3 Å². The molecule has 5 nitrogen and oxygen atoms in total. The zero-order valence-electron chi connectivity index (χ0n) is 12.9. The molecule has 0 aliphatic heterocycles. The Labute approximate surface area is 142 Å². The zero-order chi connectivity index (χ0) is 17.6. The molecule has 2 heterocycles. The second kappa shape index (κ2) is 7.36. The quantitative estimate of drug-likeness (QED) is 0.760. The van der Waals surface area contributed by atoms with Crippen LogP contribution in [0.4, 0.5) is 14.6 Å². The summed E-state index contributed by atoms with van der Waals surface area (Å²) in [6.45, 7) is 0.262. The molecule has 0 fully saturated rings. The Balaban J connectivity index is 1.80. The molecule has 0 aliphatic rings. The molecule has 3 rings (SSSR count). The van der Waals surface area contributed by atoms with Crippen molar-refractivity contribution in [2.45, 2.75) is 6.54 Å². The summed E-state index contributed by atoms with van der Waals surface area (Å²) < 4.78 is 32.2. The molecular formula is C18H12F2N4O. The van der Waals surface area contributed by atoms with E-state index in [-0.39, 0.29) is 18.2 Å². The maximum atomic E-state index is 13.8. The molecule has 0 bridgehead atoms. The van der Waals surface area contributed by atoms with Gasteiger partial charge in [0.2, 0.25) is 5.88 Å². The van der Waals surface area contributed by atoms with Crippen LogP contribution < -0.4 is 10.1 Å². The summed E-state index contributed by atoms with van der Waals surface area (Å²) in [5.41, 5.74) is 1.03. The summed E-state index contributed by atoms with van der Waals surface area (Å²) >= 11 is 0. The number of nitrogens with one attached hydrogen (secondary N) is 1. The maximum absolute atomic E-state index is 13.8. The van der Waals surface area contributed by atoms with Gasteiger partial charge in [-0.3, -0.25) is 0 Å². The lowest BCUT2D eigenvalue weighted by atomic mass is 10.2. The molecular weight excluding hydrogens is 326 g/mol. The smallest absolute Gasteiger partial charge is 0.224 e. The number of aromatic nitrogens is 2. The maximum Gasteiger partial charge on any atom is 0.224 e. The Hall–Kier alpha value is -3.53. The average Bonchev–Trinajstić information content (AvgIpc) is 2.63. The van der Waals surface area contributed by atoms with E-state index in [9.17, 15) is 8.78 Å². The van der Waals surface area contributed by atoms with Crippen molar-refractivity contribution < 1.29 is 13.5 Å². The monoisotopic (exact) mass is 338 g/mol. The Morgan fingerprint density at radius 2 is 1.88 bits per heavy atom. The van der Waals surface area contributed by atoms with Crippen LogP contribution in [-0.2, 0) is 6.54 Å². The number of nitriles is 1. The van der Waals surface area contributed by atoms with Crippen LogP contribution in [0, 0.1) is 23.0 Å². The molecule has 7 heteroatoms. The van der Waals surface area contributed by atoms with Crippen LogP contribution in [-0.4, -0.2) is 9.97 Å². The average molecular weight is 338 g/mol. The van der Waals surface area contributed by atoms with Crippen molar-refractivity contribution in [3.8, 4) is 17.7 Å². The molecule has 0 aliphatic carbocycles. The van der Waals surface area contributed by atoms with Crippen molar-refractivity contribution in [3.63, 3.8) is 0 Å². The van der Waals surface area contributed by atoms with Crippen LogP contribution in [0.25, 0.3) is 0 Å². The predicted molar refractivity (Wildman–Crippen MR) is 86.9 cm³/mol. The Kier molecular flexibility index (Phi) is 4.81. The van der Waals surface area contributed by atoms with Gasteiger partial charge >= 0.3 is 0 Å². The molecule has 0 atom stereocenters. The van der Waals surface area contributed by atoms with Gasteiger partial charge in [-0.25, -0.2) is 18.7 Å². The number of benzene rings is 1. The number of halogens is 2. The van der Waals surface area contributed by atoms with Crippen LogP contribution in [0.2, 0.25) is 0 Å². The highest BCUT2D eigenvalue weighted by atomic mass is 19.1. The molecule has 124 valence electrons. The lowest BCUT2D eigenvalue weighted by molar-refractivity contribution is 0.419. The standard InChI is InChI=1S/C18H12F2N4O/c19-14-5-6-16(15(20)9-14)25-18-13(4-2-8-23-18)11-24-17-12(10-21)3-1-7-22-17/h1-9H,11H2,(H,22,24). The van der Waals surface area contributed by atoms with Gasteiger partial charge in [0.05, 0.1) is 5.56 Å². The Bertz CT molecular complexity index is 940. The van der Waals surface area contributed by atoms with Crippen molar-refractivity contribution in [3.05, 3.63) is 77.6 Å². The van der Waals surface area contributed by atoms with E-state index in [0.29, 0.717) is 16.9 Å². The van der Waals surface area contributed by atoms with E-state index in [4.69, 9.17) is 10.00 Å². The van der Waals surface area contributed by atoms with E-state index in [1.807, 2.05) is 6.07 Å². The van der Waals surface area contributed by atoms with Gasteiger partial charge in [-0.2, -0.15) is 5.26 Å². The molecule has 0 unspecified atom stereocenters. The number of rotatable bonds is 5. The van der Waals surface area contributed by atoms with Gasteiger partial charge in [-0.1, -0.05) is 6.07 Å². The first-order chi connectivity index (χ1) is 12.2. The number of anilines is 1. The topological polar surface area (TPSA) is 70.8 Å². The van der Waals surface area contributed by atoms with Gasteiger partial charge in [0.25, 0.3) is 0 Å². The van der Waals surface area contributed by atoms with Gasteiger partial charge in [0.1, 0.15) is 17.7 Å². The first-order valence-corrected chi connectivity index (χ1v) is 7.33. The highest BCUT2D eigenvalue weighted by molar-refractivity contribution is 5.51. The molecule has 2 aromatic heterocycles. The number of nitrogens with zero attached hydrogens (tertiary/aromatic N) is 3. The van der Waals surface area contributed by atoms with Gasteiger partial charge in [0, 0.05) is 30.6 Å². The van der Waals surface area contributed by atoms with Crippen LogP contribution in [0.1, 0.15) is 11.1 Å². The molecule has 0 saturated carbocycles. The van der Waals surface area contributed by atoms with Crippen molar-refractivity contribution in [1.29, 1.82) is 5.26 Å². The SMILES string of the molecule is N#Cc1cccnc1NCc1cccnc1Oc1ccc(F)cc1F. The van der Waals surface area contributed by atoms with Crippen molar-refractivity contribution >= 4 is 5.82 Å². The molecule has 0 saturated heterocycles. The van der Waals surface area contributed by atoms with Crippen molar-refractivity contribution in [1.82, 2.24) is 9.97 Å². The molecule has 1 aromatic carbocycles. The van der Waals surface area contributed by atoms with Crippen molar-refractivity contribution in [2.24, 2.45) is 0 Å². The minimum absolute atomic E-state index is 0.128. The third-order valence-electron chi connectivity index (χ3n) is 3.32. The van der Waals surface area contributed by atoms with Crippen LogP contribution in [0.15, 0.2) is 54.9 Å². The largest absolute Gasteiger partial charge is 0.436 e. The number of pyridine rings is 2. The second-order valence-corrected chi connectivity index (χ2v) is 5.01. The molecule has 0 radical (unpaired) electrons. The first-order valence-electron chi connectivity index (χ1n) is 7.33. The summed E-state index contributed by atoms with van der Waals surface area (Å²) in [6.07, 6.45) is 3.07. The Morgan fingerprint density at radius 3 is 2.68 bits per heavy atom. The fraction of sp³-hybridized carbons (Fsp3) is 0.0556. The summed E-state index contributed by atoms with van der Waals surface area (Å²) in [6, 6.07) is 11.8. The minimum atomic E-state index is -0.818. The van der Waals surface area contributed by atoms with E-state index in [0.717, 1.165) is 12.1 Å². The third kappa shape index (κ3) is 3.87. The van der Waals surface area contributed by atoms with E-state index in [1.165, 1.54) is 12.3 Å². The third-order valence-corrected chi connectivity index (χ3v) is 3.32.